The van der Waals surface area contributed by atoms with Crippen LogP contribution in [-0.2, 0) is 18.7 Å². The molecule has 154 valence electrons. The fraction of sp³-hybridized carbons (Fsp3) is 0.455. The van der Waals surface area contributed by atoms with Gasteiger partial charge in [-0.25, -0.2) is 0 Å². The molecule has 2 aromatic carbocycles. The maximum Gasteiger partial charge on any atom is 0.264 e. The van der Waals surface area contributed by atoms with Gasteiger partial charge in [-0.2, -0.15) is 8.42 Å². The van der Waals surface area contributed by atoms with Gasteiger partial charge in [-0.3, -0.25) is 4.18 Å². The third kappa shape index (κ3) is 5.77. The van der Waals surface area contributed by atoms with Gasteiger partial charge in [-0.05, 0) is 27.8 Å². The van der Waals surface area contributed by atoms with Gasteiger partial charge in [0.25, 0.3) is 18.4 Å². The van der Waals surface area contributed by atoms with Crippen LogP contribution in [0.25, 0.3) is 0 Å². The van der Waals surface area contributed by atoms with Crippen LogP contribution in [0.1, 0.15) is 34.1 Å². The van der Waals surface area contributed by atoms with Crippen LogP contribution in [0.5, 0.6) is 0 Å². The van der Waals surface area contributed by atoms with Gasteiger partial charge in [0.15, 0.2) is 0 Å². The molecule has 0 N–H and O–H groups in total. The minimum absolute atomic E-state index is 0.0707. The van der Waals surface area contributed by atoms with E-state index in [1.165, 1.54) is 10.4 Å². The molecule has 2 aromatic rings. The molecule has 0 bridgehead atoms. The van der Waals surface area contributed by atoms with Crippen molar-refractivity contribution in [3.63, 3.8) is 0 Å². The fourth-order valence-corrected chi connectivity index (χ4v) is 8.60. The van der Waals surface area contributed by atoms with Gasteiger partial charge in [0.2, 0.25) is 0 Å². The van der Waals surface area contributed by atoms with Crippen LogP contribution in [0.15, 0.2) is 60.7 Å². The number of benzene rings is 2. The maximum absolute atomic E-state index is 11.2. The molecule has 0 aliphatic carbocycles. The van der Waals surface area contributed by atoms with Crippen LogP contribution in [0.2, 0.25) is 5.04 Å². The second-order valence-electron chi connectivity index (χ2n) is 8.39. The van der Waals surface area contributed by atoms with Gasteiger partial charge in [0.05, 0.1) is 12.9 Å². The monoisotopic (exact) mass is 420 g/mol. The van der Waals surface area contributed by atoms with E-state index in [4.69, 9.17) is 8.61 Å². The molecule has 0 saturated carbocycles. The molecular formula is C22H32O4SSi. The molecule has 2 rings (SSSR count). The summed E-state index contributed by atoms with van der Waals surface area (Å²) >= 11 is 0. The van der Waals surface area contributed by atoms with Crippen LogP contribution in [0, 0.1) is 5.92 Å². The summed E-state index contributed by atoms with van der Waals surface area (Å²) in [4.78, 5) is 0. The Morgan fingerprint density at radius 2 is 1.39 bits per heavy atom. The van der Waals surface area contributed by atoms with E-state index >= 15 is 0 Å². The normalized spacial score (nSPS) is 14.0. The van der Waals surface area contributed by atoms with Crippen LogP contribution in [0.4, 0.5) is 0 Å². The Labute approximate surface area is 171 Å². The van der Waals surface area contributed by atoms with E-state index in [9.17, 15) is 8.42 Å². The van der Waals surface area contributed by atoms with Crippen LogP contribution < -0.4 is 10.4 Å². The van der Waals surface area contributed by atoms with E-state index in [0.29, 0.717) is 13.0 Å². The molecule has 0 aliphatic rings. The molecular weight excluding hydrogens is 388 g/mol. The first-order chi connectivity index (χ1) is 13.1. The van der Waals surface area contributed by atoms with Gasteiger partial charge >= 0.3 is 0 Å². The minimum Gasteiger partial charge on any atom is -0.407 e. The largest absolute Gasteiger partial charge is 0.407 e. The third-order valence-electron chi connectivity index (χ3n) is 4.91. The molecule has 0 fully saturated rings. The zero-order chi connectivity index (χ0) is 20.8. The Morgan fingerprint density at radius 3 is 1.79 bits per heavy atom. The van der Waals surface area contributed by atoms with Gasteiger partial charge in [-0.1, -0.05) is 88.4 Å². The molecule has 1 atom stereocenters. The predicted octanol–water partition coefficient (Wildman–Crippen LogP) is 3.57. The molecule has 1 unspecified atom stereocenters. The molecule has 0 heterocycles. The van der Waals surface area contributed by atoms with Crippen molar-refractivity contribution in [1.29, 1.82) is 0 Å². The lowest BCUT2D eigenvalue weighted by Gasteiger charge is -2.43. The summed E-state index contributed by atoms with van der Waals surface area (Å²) in [5, 5.41) is 2.42. The highest BCUT2D eigenvalue weighted by Gasteiger charge is 2.50. The number of hydrogen-bond donors (Lipinski definition) is 0. The fourth-order valence-electron chi connectivity index (χ4n) is 3.51. The molecule has 0 saturated heterocycles. The Hall–Kier alpha value is -1.47. The predicted molar refractivity (Wildman–Crippen MR) is 118 cm³/mol. The summed E-state index contributed by atoms with van der Waals surface area (Å²) in [6.07, 6.45) is 1.71. The molecule has 28 heavy (non-hydrogen) atoms. The van der Waals surface area contributed by atoms with Crippen molar-refractivity contribution in [3.05, 3.63) is 60.7 Å². The van der Waals surface area contributed by atoms with Gasteiger partial charge < -0.3 is 4.43 Å². The van der Waals surface area contributed by atoms with Crippen molar-refractivity contribution in [2.45, 2.75) is 39.2 Å². The van der Waals surface area contributed by atoms with Gasteiger partial charge in [0.1, 0.15) is 0 Å². The first kappa shape index (κ1) is 22.8. The highest BCUT2D eigenvalue weighted by Crippen LogP contribution is 2.37. The van der Waals surface area contributed by atoms with Crippen LogP contribution >= 0.6 is 0 Å². The molecule has 0 amide bonds. The van der Waals surface area contributed by atoms with Gasteiger partial charge in [0, 0.05) is 6.61 Å². The maximum atomic E-state index is 11.2. The first-order valence-electron chi connectivity index (χ1n) is 9.65. The summed E-state index contributed by atoms with van der Waals surface area (Å²) in [7, 11) is -5.95. The summed E-state index contributed by atoms with van der Waals surface area (Å²) < 4.78 is 34.1. The van der Waals surface area contributed by atoms with E-state index < -0.39 is 18.4 Å². The van der Waals surface area contributed by atoms with Crippen LogP contribution in [-0.4, -0.2) is 36.2 Å². The van der Waals surface area contributed by atoms with Crippen molar-refractivity contribution in [1.82, 2.24) is 0 Å². The van der Waals surface area contributed by atoms with Gasteiger partial charge in [-0.15, -0.1) is 0 Å². The minimum atomic E-state index is -3.40. The second kappa shape index (κ2) is 9.35. The molecule has 0 aromatic heterocycles. The first-order valence-corrected chi connectivity index (χ1v) is 13.4. The summed E-state index contributed by atoms with van der Waals surface area (Å²) in [6, 6.07) is 21.0. The summed E-state index contributed by atoms with van der Waals surface area (Å²) in [6.45, 7) is 9.55. The highest BCUT2D eigenvalue weighted by atomic mass is 32.2. The lowest BCUT2D eigenvalue weighted by atomic mass is 10.1. The Morgan fingerprint density at radius 1 is 0.929 bits per heavy atom. The van der Waals surface area contributed by atoms with Crippen molar-refractivity contribution in [2.24, 2.45) is 5.92 Å². The topological polar surface area (TPSA) is 52.6 Å². The quantitative estimate of drug-likeness (QED) is 0.460. The molecule has 0 spiro atoms. The van der Waals surface area contributed by atoms with Crippen LogP contribution in [0.3, 0.4) is 0 Å². The highest BCUT2D eigenvalue weighted by molar-refractivity contribution is 7.85. The van der Waals surface area contributed by atoms with E-state index in [2.05, 4.69) is 76.2 Å². The third-order valence-corrected chi connectivity index (χ3v) is 10.5. The summed E-state index contributed by atoms with van der Waals surface area (Å²) in [5.41, 5.74) is 0. The SMILES string of the molecule is CC(CCOS(C)(=O)=O)CO[Si](c1ccccc1)(c1ccccc1)C(C)(C)C. The zero-order valence-corrected chi connectivity index (χ0v) is 19.3. The smallest absolute Gasteiger partial charge is 0.264 e. The number of hydrogen-bond acceptors (Lipinski definition) is 4. The average Bonchev–Trinajstić information content (AvgIpc) is 2.62. The number of rotatable bonds is 9. The average molecular weight is 421 g/mol. The van der Waals surface area contributed by atoms with E-state index in [-0.39, 0.29) is 17.6 Å². The van der Waals surface area contributed by atoms with E-state index in [1.54, 1.807) is 0 Å². The molecule has 6 heteroatoms. The van der Waals surface area contributed by atoms with Crippen molar-refractivity contribution >= 4 is 28.8 Å². The Balaban J connectivity index is 2.31. The van der Waals surface area contributed by atoms with E-state index in [1.807, 2.05) is 12.1 Å². The molecule has 0 aliphatic heterocycles. The Kier molecular flexibility index (Phi) is 7.62. The molecule has 4 nitrogen and oxygen atoms in total. The van der Waals surface area contributed by atoms with E-state index in [0.717, 1.165) is 6.26 Å². The Bertz CT molecular complexity index is 790. The van der Waals surface area contributed by atoms with Crippen molar-refractivity contribution < 1.29 is 17.0 Å². The standard InChI is InChI=1S/C22H32O4SSi/c1-19(16-17-25-27(5,23)24)18-26-28(22(2,3)4,20-12-8-6-9-13-20)21-14-10-7-11-15-21/h6-15,19H,16-18H2,1-5H3. The zero-order valence-electron chi connectivity index (χ0n) is 17.5. The second-order valence-corrected chi connectivity index (χ2v) is 14.3. The molecule has 0 radical (unpaired) electrons. The lowest BCUT2D eigenvalue weighted by Crippen LogP contribution is -2.66. The van der Waals surface area contributed by atoms with Crippen molar-refractivity contribution in [2.75, 3.05) is 19.5 Å². The summed E-state index contributed by atoms with van der Waals surface area (Å²) in [5.74, 6) is 0.184. The van der Waals surface area contributed by atoms with Crippen molar-refractivity contribution in [3.8, 4) is 0 Å². The lowest BCUT2D eigenvalue weighted by molar-refractivity contribution is 0.211.